The summed E-state index contributed by atoms with van der Waals surface area (Å²) in [6.45, 7) is 11.2. The van der Waals surface area contributed by atoms with Gasteiger partial charge in [0.05, 0.1) is 0 Å². The van der Waals surface area contributed by atoms with E-state index < -0.39 is 0 Å². The number of likely N-dealkylation sites (N-methyl/N-ethyl adjacent to an activating group) is 1. The van der Waals surface area contributed by atoms with Crippen LogP contribution in [0.2, 0.25) is 0 Å². The molecule has 0 saturated heterocycles. The fourth-order valence-electron chi connectivity index (χ4n) is 2.73. The first kappa shape index (κ1) is 18.7. The number of amides is 1. The number of carbonyl (C=O) groups is 1. The van der Waals surface area contributed by atoms with Gasteiger partial charge in [0.15, 0.2) is 0 Å². The van der Waals surface area contributed by atoms with Crippen LogP contribution in [-0.2, 0) is 6.42 Å². The van der Waals surface area contributed by atoms with E-state index in [-0.39, 0.29) is 5.91 Å². The van der Waals surface area contributed by atoms with Crippen molar-refractivity contribution in [2.45, 2.75) is 46.2 Å². The molecule has 0 fully saturated rings. The maximum Gasteiger partial charge on any atom is 0.251 e. The predicted molar refractivity (Wildman–Crippen MR) is 93.4 cm³/mol. The first-order valence-electron chi connectivity index (χ1n) is 8.23. The van der Waals surface area contributed by atoms with Gasteiger partial charge in [-0.1, -0.05) is 18.2 Å². The minimum atomic E-state index is 0.0270. The van der Waals surface area contributed by atoms with Crippen LogP contribution in [0.1, 0.15) is 43.6 Å². The smallest absolute Gasteiger partial charge is 0.251 e. The molecule has 1 aromatic rings. The SMILES string of the molecule is CNCCc1ccccc1C(=O)NCCN(C(C)C)C(C)C. The van der Waals surface area contributed by atoms with E-state index in [4.69, 9.17) is 0 Å². The third kappa shape index (κ3) is 5.78. The topological polar surface area (TPSA) is 44.4 Å². The Morgan fingerprint density at radius 2 is 1.73 bits per heavy atom. The van der Waals surface area contributed by atoms with E-state index in [2.05, 4.69) is 43.2 Å². The van der Waals surface area contributed by atoms with E-state index in [0.29, 0.717) is 18.6 Å². The van der Waals surface area contributed by atoms with Gasteiger partial charge in [-0.05, 0) is 59.3 Å². The molecule has 0 radical (unpaired) electrons. The molecule has 0 saturated carbocycles. The van der Waals surface area contributed by atoms with Crippen LogP contribution in [0.5, 0.6) is 0 Å². The van der Waals surface area contributed by atoms with E-state index in [0.717, 1.165) is 30.6 Å². The Balaban J connectivity index is 2.58. The van der Waals surface area contributed by atoms with Crippen LogP contribution < -0.4 is 10.6 Å². The lowest BCUT2D eigenvalue weighted by Crippen LogP contribution is -2.42. The highest BCUT2D eigenvalue weighted by molar-refractivity contribution is 5.95. The fraction of sp³-hybridized carbons (Fsp3) is 0.611. The third-order valence-electron chi connectivity index (χ3n) is 3.89. The largest absolute Gasteiger partial charge is 0.351 e. The Bertz CT molecular complexity index is 449. The van der Waals surface area contributed by atoms with Gasteiger partial charge in [0.1, 0.15) is 0 Å². The Kier molecular flexibility index (Phi) is 8.13. The normalized spacial score (nSPS) is 11.5. The lowest BCUT2D eigenvalue weighted by molar-refractivity contribution is 0.0938. The molecule has 4 nitrogen and oxygen atoms in total. The van der Waals surface area contributed by atoms with Gasteiger partial charge in [-0.3, -0.25) is 9.69 Å². The second-order valence-electron chi connectivity index (χ2n) is 6.19. The molecule has 4 heteroatoms. The summed E-state index contributed by atoms with van der Waals surface area (Å²) >= 11 is 0. The van der Waals surface area contributed by atoms with E-state index in [1.165, 1.54) is 0 Å². The van der Waals surface area contributed by atoms with Crippen molar-refractivity contribution in [3.63, 3.8) is 0 Å². The van der Waals surface area contributed by atoms with E-state index in [1.54, 1.807) is 0 Å². The van der Waals surface area contributed by atoms with Crippen molar-refractivity contribution < 1.29 is 4.79 Å². The maximum atomic E-state index is 12.4. The second-order valence-corrected chi connectivity index (χ2v) is 6.19. The summed E-state index contributed by atoms with van der Waals surface area (Å²) in [5.74, 6) is 0.0270. The number of rotatable bonds is 9. The number of hydrogen-bond donors (Lipinski definition) is 2. The zero-order chi connectivity index (χ0) is 16.5. The Morgan fingerprint density at radius 3 is 2.32 bits per heavy atom. The average molecular weight is 305 g/mol. The molecule has 0 aliphatic rings. The first-order valence-corrected chi connectivity index (χ1v) is 8.23. The van der Waals surface area contributed by atoms with Crippen molar-refractivity contribution >= 4 is 5.91 Å². The number of nitrogens with one attached hydrogen (secondary N) is 2. The molecule has 0 aliphatic carbocycles. The molecule has 0 aromatic heterocycles. The fourth-order valence-corrected chi connectivity index (χ4v) is 2.73. The van der Waals surface area contributed by atoms with Crippen LogP contribution >= 0.6 is 0 Å². The summed E-state index contributed by atoms with van der Waals surface area (Å²) in [5.41, 5.74) is 1.89. The molecule has 0 bridgehead atoms. The van der Waals surface area contributed by atoms with E-state index in [9.17, 15) is 4.79 Å². The monoisotopic (exact) mass is 305 g/mol. The molecule has 124 valence electrons. The van der Waals surface area contributed by atoms with E-state index >= 15 is 0 Å². The van der Waals surface area contributed by atoms with Crippen molar-refractivity contribution in [2.75, 3.05) is 26.7 Å². The molecule has 0 unspecified atom stereocenters. The minimum Gasteiger partial charge on any atom is -0.351 e. The number of hydrogen-bond acceptors (Lipinski definition) is 3. The lowest BCUT2D eigenvalue weighted by atomic mass is 10.0. The van der Waals surface area contributed by atoms with Gasteiger partial charge in [0.25, 0.3) is 5.91 Å². The summed E-state index contributed by atoms with van der Waals surface area (Å²) in [6.07, 6.45) is 0.865. The van der Waals surface area contributed by atoms with Crippen LogP contribution in [0.3, 0.4) is 0 Å². The summed E-state index contributed by atoms with van der Waals surface area (Å²) in [4.78, 5) is 14.8. The second kappa shape index (κ2) is 9.59. The summed E-state index contributed by atoms with van der Waals surface area (Å²) in [6, 6.07) is 8.82. The summed E-state index contributed by atoms with van der Waals surface area (Å²) < 4.78 is 0. The summed E-state index contributed by atoms with van der Waals surface area (Å²) in [7, 11) is 1.93. The van der Waals surface area contributed by atoms with Crippen LogP contribution in [0.4, 0.5) is 0 Å². The number of benzene rings is 1. The van der Waals surface area contributed by atoms with Crippen molar-refractivity contribution in [2.24, 2.45) is 0 Å². The van der Waals surface area contributed by atoms with Crippen LogP contribution in [-0.4, -0.2) is 49.6 Å². The molecule has 1 rings (SSSR count). The van der Waals surface area contributed by atoms with Crippen LogP contribution in [0.15, 0.2) is 24.3 Å². The summed E-state index contributed by atoms with van der Waals surface area (Å²) in [5, 5.41) is 6.18. The lowest BCUT2D eigenvalue weighted by Gasteiger charge is -2.30. The quantitative estimate of drug-likeness (QED) is 0.736. The van der Waals surface area contributed by atoms with Crippen molar-refractivity contribution in [1.29, 1.82) is 0 Å². The number of nitrogens with zero attached hydrogens (tertiary/aromatic N) is 1. The Labute approximate surface area is 135 Å². The maximum absolute atomic E-state index is 12.4. The molecule has 0 atom stereocenters. The molecular formula is C18H31N3O. The van der Waals surface area contributed by atoms with E-state index in [1.807, 2.05) is 31.3 Å². The predicted octanol–water partition coefficient (Wildman–Crippen LogP) is 2.30. The molecular weight excluding hydrogens is 274 g/mol. The van der Waals surface area contributed by atoms with Gasteiger partial charge >= 0.3 is 0 Å². The molecule has 0 spiro atoms. The van der Waals surface area contributed by atoms with Crippen molar-refractivity contribution in [3.05, 3.63) is 35.4 Å². The molecule has 2 N–H and O–H groups in total. The van der Waals surface area contributed by atoms with Crippen molar-refractivity contribution in [1.82, 2.24) is 15.5 Å². The van der Waals surface area contributed by atoms with Crippen molar-refractivity contribution in [3.8, 4) is 0 Å². The standard InChI is InChI=1S/C18H31N3O/c1-14(2)21(15(3)4)13-12-20-18(22)17-9-7-6-8-16(17)10-11-19-5/h6-9,14-15,19H,10-13H2,1-5H3,(H,20,22). The zero-order valence-corrected chi connectivity index (χ0v) is 14.6. The molecule has 0 heterocycles. The Morgan fingerprint density at radius 1 is 1.09 bits per heavy atom. The number of carbonyl (C=O) groups excluding carboxylic acids is 1. The van der Waals surface area contributed by atoms with Crippen LogP contribution in [0.25, 0.3) is 0 Å². The minimum absolute atomic E-state index is 0.0270. The molecule has 0 aliphatic heterocycles. The highest BCUT2D eigenvalue weighted by Crippen LogP contribution is 2.09. The molecule has 22 heavy (non-hydrogen) atoms. The van der Waals surface area contributed by atoms with Gasteiger partial charge in [-0.15, -0.1) is 0 Å². The molecule has 1 amide bonds. The third-order valence-corrected chi connectivity index (χ3v) is 3.89. The highest BCUT2D eigenvalue weighted by Gasteiger charge is 2.14. The van der Waals surface area contributed by atoms with Gasteiger partial charge < -0.3 is 10.6 Å². The van der Waals surface area contributed by atoms with Gasteiger partial charge in [0, 0.05) is 30.7 Å². The average Bonchev–Trinajstić information content (AvgIpc) is 2.48. The first-order chi connectivity index (χ1) is 10.5. The highest BCUT2D eigenvalue weighted by atomic mass is 16.1. The Hall–Kier alpha value is -1.39. The van der Waals surface area contributed by atoms with Crippen LogP contribution in [0, 0.1) is 0 Å². The zero-order valence-electron chi connectivity index (χ0n) is 14.6. The van der Waals surface area contributed by atoms with Gasteiger partial charge in [0.2, 0.25) is 0 Å². The van der Waals surface area contributed by atoms with Gasteiger partial charge in [-0.25, -0.2) is 0 Å². The van der Waals surface area contributed by atoms with Gasteiger partial charge in [-0.2, -0.15) is 0 Å². The molecule has 1 aromatic carbocycles.